The Morgan fingerprint density at radius 3 is 2.68 bits per heavy atom. The lowest BCUT2D eigenvalue weighted by Crippen LogP contribution is -2.52. The molecule has 0 aliphatic rings. The molecule has 1 aromatic heterocycles. The van der Waals surface area contributed by atoms with Crippen molar-refractivity contribution < 1.29 is 9.21 Å². The molecule has 0 bridgehead atoms. The summed E-state index contributed by atoms with van der Waals surface area (Å²) in [6, 6.07) is 7.16. The summed E-state index contributed by atoms with van der Waals surface area (Å²) < 4.78 is 5.51. The maximum Gasteiger partial charge on any atom is 0.277 e. The molecule has 0 radical (unpaired) electrons. The molecule has 3 N–H and O–H groups in total. The fraction of sp³-hybridized carbons (Fsp3) is 0.333. The predicted molar refractivity (Wildman–Crippen MR) is 102 cm³/mol. The molecule has 134 valence electrons. The number of hydrazine groups is 1. The summed E-state index contributed by atoms with van der Waals surface area (Å²) in [5.74, 6) is 0.123. The minimum Gasteiger partial charge on any atom is -0.411 e. The fourth-order valence-electron chi connectivity index (χ4n) is 1.67. The van der Waals surface area contributed by atoms with Crippen molar-refractivity contribution in [1.82, 2.24) is 26.4 Å². The normalized spacial score (nSPS) is 11.0. The highest BCUT2D eigenvalue weighted by atomic mass is 35.5. The van der Waals surface area contributed by atoms with Crippen molar-refractivity contribution in [3.05, 3.63) is 29.3 Å². The summed E-state index contributed by atoms with van der Waals surface area (Å²) in [5.41, 5.74) is 5.59. The van der Waals surface area contributed by atoms with Crippen molar-refractivity contribution in [2.45, 2.75) is 31.5 Å². The van der Waals surface area contributed by atoms with E-state index in [1.165, 1.54) is 0 Å². The van der Waals surface area contributed by atoms with Crippen LogP contribution in [0.1, 0.15) is 20.8 Å². The number of thioether (sulfide) groups is 1. The number of nitrogens with one attached hydrogen (secondary N) is 3. The Hall–Kier alpha value is -1.84. The van der Waals surface area contributed by atoms with Crippen LogP contribution in [0.3, 0.4) is 0 Å². The van der Waals surface area contributed by atoms with E-state index in [9.17, 15) is 4.79 Å². The van der Waals surface area contributed by atoms with Crippen LogP contribution < -0.4 is 16.2 Å². The van der Waals surface area contributed by atoms with Crippen LogP contribution >= 0.6 is 35.6 Å². The monoisotopic (exact) mass is 399 g/mol. The van der Waals surface area contributed by atoms with E-state index >= 15 is 0 Å². The number of nitrogens with zero attached hydrogens (tertiary/aromatic N) is 2. The Morgan fingerprint density at radius 2 is 2.00 bits per heavy atom. The molecule has 0 atom stereocenters. The molecule has 0 fully saturated rings. The number of benzene rings is 1. The van der Waals surface area contributed by atoms with Crippen LogP contribution in [-0.4, -0.2) is 32.5 Å². The summed E-state index contributed by atoms with van der Waals surface area (Å²) in [6.45, 7) is 5.89. The molecule has 2 rings (SSSR count). The van der Waals surface area contributed by atoms with E-state index in [1.54, 1.807) is 12.1 Å². The Balaban J connectivity index is 1.81. The van der Waals surface area contributed by atoms with E-state index in [1.807, 2.05) is 32.9 Å². The van der Waals surface area contributed by atoms with Gasteiger partial charge in [0, 0.05) is 5.54 Å². The second kappa shape index (κ2) is 8.50. The number of halogens is 1. The smallest absolute Gasteiger partial charge is 0.277 e. The van der Waals surface area contributed by atoms with Crippen LogP contribution in [0, 0.1) is 0 Å². The topological polar surface area (TPSA) is 92.1 Å². The first kappa shape index (κ1) is 19.5. The molecule has 0 saturated carbocycles. The van der Waals surface area contributed by atoms with Gasteiger partial charge in [-0.1, -0.05) is 35.5 Å². The summed E-state index contributed by atoms with van der Waals surface area (Å²) >= 11 is 12.3. The minimum atomic E-state index is -0.277. The average molecular weight is 400 g/mol. The number of hydrogen-bond acceptors (Lipinski definition) is 6. The van der Waals surface area contributed by atoms with Gasteiger partial charge in [0.2, 0.25) is 11.8 Å². The first-order valence-electron chi connectivity index (χ1n) is 7.33. The first-order valence-corrected chi connectivity index (χ1v) is 9.10. The zero-order valence-corrected chi connectivity index (χ0v) is 16.3. The molecular weight excluding hydrogens is 382 g/mol. The zero-order valence-electron chi connectivity index (χ0n) is 13.9. The summed E-state index contributed by atoms with van der Waals surface area (Å²) in [4.78, 5) is 11.8. The third kappa shape index (κ3) is 6.52. The largest absolute Gasteiger partial charge is 0.411 e. The van der Waals surface area contributed by atoms with Crippen molar-refractivity contribution in [2.75, 3.05) is 5.75 Å². The SMILES string of the molecule is CC(C)(C)NC(=S)NNC(=O)CSc1nnc(-c2ccccc2Cl)o1. The summed E-state index contributed by atoms with van der Waals surface area (Å²) in [6.07, 6.45) is 0. The highest BCUT2D eigenvalue weighted by molar-refractivity contribution is 7.99. The maximum absolute atomic E-state index is 11.8. The Bertz CT molecular complexity index is 760. The number of carbonyl (C=O) groups excluding carboxylic acids is 1. The van der Waals surface area contributed by atoms with Gasteiger partial charge in [0.05, 0.1) is 16.3 Å². The molecule has 7 nitrogen and oxygen atoms in total. The van der Waals surface area contributed by atoms with Crippen molar-refractivity contribution in [3.63, 3.8) is 0 Å². The van der Waals surface area contributed by atoms with Crippen LogP contribution in [-0.2, 0) is 4.79 Å². The predicted octanol–water partition coefficient (Wildman–Crippen LogP) is 2.78. The highest BCUT2D eigenvalue weighted by Gasteiger charge is 2.14. The number of hydrogen-bond donors (Lipinski definition) is 3. The third-order valence-electron chi connectivity index (χ3n) is 2.64. The number of carbonyl (C=O) groups is 1. The molecule has 0 saturated heterocycles. The van der Waals surface area contributed by atoms with Crippen LogP contribution in [0.25, 0.3) is 11.5 Å². The van der Waals surface area contributed by atoms with Crippen molar-refractivity contribution in [2.24, 2.45) is 0 Å². The molecular formula is C15H18ClN5O2S2. The van der Waals surface area contributed by atoms with Crippen LogP contribution in [0.15, 0.2) is 33.9 Å². The molecule has 0 unspecified atom stereocenters. The number of amides is 1. The first-order chi connectivity index (χ1) is 11.7. The molecule has 2 aromatic rings. The Labute approximate surface area is 160 Å². The number of aromatic nitrogens is 2. The molecule has 1 amide bonds. The molecule has 0 aliphatic heterocycles. The average Bonchev–Trinajstić information content (AvgIpc) is 2.98. The number of rotatable bonds is 4. The molecule has 1 aromatic carbocycles. The second-order valence-corrected chi connectivity index (χ2v) is 7.76. The molecule has 0 aliphatic carbocycles. The Morgan fingerprint density at radius 1 is 1.28 bits per heavy atom. The van der Waals surface area contributed by atoms with Gasteiger partial charge in [-0.2, -0.15) is 0 Å². The summed E-state index contributed by atoms with van der Waals surface area (Å²) in [7, 11) is 0. The van der Waals surface area contributed by atoms with Gasteiger partial charge >= 0.3 is 0 Å². The van der Waals surface area contributed by atoms with Gasteiger partial charge in [-0.25, -0.2) is 0 Å². The molecule has 1 heterocycles. The third-order valence-corrected chi connectivity index (χ3v) is 3.99. The van der Waals surface area contributed by atoms with Crippen LogP contribution in [0.2, 0.25) is 5.02 Å². The molecule has 10 heteroatoms. The van der Waals surface area contributed by atoms with Gasteiger partial charge in [0.15, 0.2) is 5.11 Å². The van der Waals surface area contributed by atoms with Gasteiger partial charge in [-0.05, 0) is 45.1 Å². The lowest BCUT2D eigenvalue weighted by molar-refractivity contribution is -0.119. The van der Waals surface area contributed by atoms with Gasteiger partial charge < -0.3 is 9.73 Å². The number of thiocarbonyl (C=S) groups is 1. The van der Waals surface area contributed by atoms with Gasteiger partial charge in [-0.3, -0.25) is 15.6 Å². The zero-order chi connectivity index (χ0) is 18.4. The van der Waals surface area contributed by atoms with Crippen LogP contribution in [0.5, 0.6) is 0 Å². The Kier molecular flexibility index (Phi) is 6.63. The highest BCUT2D eigenvalue weighted by Crippen LogP contribution is 2.28. The quantitative estimate of drug-likeness (QED) is 0.410. The molecule has 25 heavy (non-hydrogen) atoms. The lowest BCUT2D eigenvalue weighted by atomic mass is 10.1. The lowest BCUT2D eigenvalue weighted by Gasteiger charge is -2.22. The van der Waals surface area contributed by atoms with E-state index in [0.717, 1.165) is 11.8 Å². The summed E-state index contributed by atoms with van der Waals surface area (Å²) in [5, 5.41) is 12.0. The van der Waals surface area contributed by atoms with E-state index < -0.39 is 0 Å². The van der Waals surface area contributed by atoms with E-state index in [4.69, 9.17) is 28.2 Å². The van der Waals surface area contributed by atoms with Gasteiger partial charge in [0.1, 0.15) is 0 Å². The minimum absolute atomic E-state index is 0.0925. The second-order valence-electron chi connectivity index (χ2n) is 6.02. The van der Waals surface area contributed by atoms with E-state index in [-0.39, 0.29) is 22.4 Å². The fourth-order valence-corrected chi connectivity index (χ4v) is 2.81. The molecule has 0 spiro atoms. The van der Waals surface area contributed by atoms with Crippen molar-refractivity contribution in [1.29, 1.82) is 0 Å². The van der Waals surface area contributed by atoms with Crippen molar-refractivity contribution >= 4 is 46.6 Å². The standard InChI is InChI=1S/C15H18ClN5O2S2/c1-15(2,3)17-13(24)20-18-11(22)8-25-14-21-19-12(23-14)9-6-4-5-7-10(9)16/h4-7H,8H2,1-3H3,(H,18,22)(H2,17,20,24). The van der Waals surface area contributed by atoms with E-state index in [0.29, 0.717) is 21.6 Å². The van der Waals surface area contributed by atoms with Crippen LogP contribution in [0.4, 0.5) is 0 Å². The van der Waals surface area contributed by atoms with E-state index in [2.05, 4.69) is 26.4 Å². The van der Waals surface area contributed by atoms with Gasteiger partial charge in [-0.15, -0.1) is 10.2 Å². The van der Waals surface area contributed by atoms with Crippen molar-refractivity contribution in [3.8, 4) is 11.5 Å². The maximum atomic E-state index is 11.8. The van der Waals surface area contributed by atoms with Gasteiger partial charge in [0.25, 0.3) is 5.22 Å².